The summed E-state index contributed by atoms with van der Waals surface area (Å²) in [5, 5.41) is 0. The first kappa shape index (κ1) is 15.1. The first-order chi connectivity index (χ1) is 7.91. The van der Waals surface area contributed by atoms with Gasteiger partial charge in [0.25, 0.3) is 0 Å². The summed E-state index contributed by atoms with van der Waals surface area (Å²) < 4.78 is 3.58. The highest BCUT2D eigenvalue weighted by atomic mass is 35.6. The summed E-state index contributed by atoms with van der Waals surface area (Å²) in [5.74, 6) is -0.441. The second-order valence-electron chi connectivity index (χ2n) is 4.30. The molecule has 2 nitrogen and oxygen atoms in total. The van der Waals surface area contributed by atoms with Crippen molar-refractivity contribution in [3.05, 3.63) is 12.2 Å². The highest BCUT2D eigenvalue weighted by Crippen LogP contribution is 2.39. The van der Waals surface area contributed by atoms with Gasteiger partial charge in [0, 0.05) is 12.8 Å². The Morgan fingerprint density at radius 3 is 2.65 bits per heavy atom. The van der Waals surface area contributed by atoms with E-state index in [1.807, 2.05) is 6.08 Å². The minimum atomic E-state index is -1.58. The predicted octanol–water partition coefficient (Wildman–Crippen LogP) is 4.42. The molecule has 2 unspecified atom stereocenters. The third-order valence-electron chi connectivity index (χ3n) is 2.80. The van der Waals surface area contributed by atoms with E-state index in [1.165, 1.54) is 13.3 Å². The van der Waals surface area contributed by atoms with Crippen molar-refractivity contribution in [2.75, 3.05) is 0 Å². The maximum Gasteiger partial charge on any atom is 0.303 e. The van der Waals surface area contributed by atoms with Gasteiger partial charge in [0.1, 0.15) is 0 Å². The smallest absolute Gasteiger partial charge is 0.303 e. The van der Waals surface area contributed by atoms with Crippen LogP contribution in [0.4, 0.5) is 0 Å². The summed E-state index contributed by atoms with van der Waals surface area (Å²) in [5.41, 5.74) is 0. The van der Waals surface area contributed by atoms with E-state index in [0.29, 0.717) is 0 Å². The molecule has 1 rings (SSSR count). The van der Waals surface area contributed by atoms with Crippen molar-refractivity contribution in [1.82, 2.24) is 0 Å². The summed E-state index contributed by atoms with van der Waals surface area (Å²) in [6.07, 6.45) is 8.70. The lowest BCUT2D eigenvalue weighted by molar-refractivity contribution is -0.148. The molecule has 0 aliphatic heterocycles. The van der Waals surface area contributed by atoms with E-state index >= 15 is 0 Å². The van der Waals surface area contributed by atoms with Crippen molar-refractivity contribution in [3.8, 4) is 0 Å². The number of halogens is 3. The molecule has 2 atom stereocenters. The van der Waals surface area contributed by atoms with Gasteiger partial charge < -0.3 is 4.74 Å². The lowest BCUT2D eigenvalue weighted by Gasteiger charge is -2.30. The van der Waals surface area contributed by atoms with Gasteiger partial charge in [-0.2, -0.15) is 0 Å². The van der Waals surface area contributed by atoms with Crippen LogP contribution in [0.2, 0.25) is 0 Å². The summed E-state index contributed by atoms with van der Waals surface area (Å²) in [7, 11) is 0. The summed E-state index contributed by atoms with van der Waals surface area (Å²) >= 11 is 17.7. The number of rotatable bonds is 2. The van der Waals surface area contributed by atoms with Crippen LogP contribution in [0, 0.1) is 5.92 Å². The van der Waals surface area contributed by atoms with Crippen molar-refractivity contribution < 1.29 is 9.53 Å². The molecule has 0 N–H and O–H groups in total. The zero-order valence-corrected chi connectivity index (χ0v) is 12.1. The van der Waals surface area contributed by atoms with Crippen molar-refractivity contribution in [1.29, 1.82) is 0 Å². The van der Waals surface area contributed by atoms with E-state index in [-0.39, 0.29) is 5.92 Å². The largest absolute Gasteiger partial charge is 0.457 e. The van der Waals surface area contributed by atoms with Crippen LogP contribution in [-0.4, -0.2) is 15.9 Å². The molecule has 0 aromatic rings. The Morgan fingerprint density at radius 1 is 1.35 bits per heavy atom. The molecule has 0 aromatic carbocycles. The van der Waals surface area contributed by atoms with Crippen LogP contribution in [0.25, 0.3) is 0 Å². The fraction of sp³-hybridized carbons (Fsp3) is 0.750. The van der Waals surface area contributed by atoms with Gasteiger partial charge in [0.2, 0.25) is 3.79 Å². The molecule has 0 amide bonds. The van der Waals surface area contributed by atoms with Crippen LogP contribution in [0.5, 0.6) is 0 Å². The highest BCUT2D eigenvalue weighted by molar-refractivity contribution is 6.68. The topological polar surface area (TPSA) is 26.3 Å². The molecule has 0 bridgehead atoms. The first-order valence-corrected chi connectivity index (χ1v) is 6.95. The monoisotopic (exact) mass is 298 g/mol. The van der Waals surface area contributed by atoms with Gasteiger partial charge in [-0.1, -0.05) is 59.8 Å². The highest BCUT2D eigenvalue weighted by Gasteiger charge is 2.40. The molecule has 5 heteroatoms. The van der Waals surface area contributed by atoms with Gasteiger partial charge in [-0.25, -0.2) is 0 Å². The van der Waals surface area contributed by atoms with Gasteiger partial charge in [-0.05, 0) is 19.3 Å². The molecule has 0 saturated heterocycles. The molecule has 98 valence electrons. The van der Waals surface area contributed by atoms with E-state index in [0.717, 1.165) is 25.7 Å². The molecule has 0 radical (unpaired) electrons. The number of carbonyl (C=O) groups is 1. The quantitative estimate of drug-likeness (QED) is 0.428. The van der Waals surface area contributed by atoms with Crippen molar-refractivity contribution in [2.24, 2.45) is 5.92 Å². The van der Waals surface area contributed by atoms with Crippen LogP contribution in [0.1, 0.15) is 39.0 Å². The van der Waals surface area contributed by atoms with Crippen LogP contribution in [0.3, 0.4) is 0 Å². The van der Waals surface area contributed by atoms with Gasteiger partial charge in [0.15, 0.2) is 6.10 Å². The number of alkyl halides is 3. The van der Waals surface area contributed by atoms with E-state index in [9.17, 15) is 4.79 Å². The Morgan fingerprint density at radius 2 is 2.06 bits per heavy atom. The van der Waals surface area contributed by atoms with Crippen LogP contribution >= 0.6 is 34.8 Å². The molecule has 0 heterocycles. The predicted molar refractivity (Wildman–Crippen MR) is 71.6 cm³/mol. The molecule has 0 fully saturated rings. The average Bonchev–Trinajstić information content (AvgIpc) is 2.12. The van der Waals surface area contributed by atoms with Crippen molar-refractivity contribution in [2.45, 2.75) is 48.9 Å². The number of carbonyl (C=O) groups excluding carboxylic acids is 1. The number of hydrogen-bond acceptors (Lipinski definition) is 2. The summed E-state index contributed by atoms with van der Waals surface area (Å²) in [6, 6.07) is 0. The Balaban J connectivity index is 2.79. The van der Waals surface area contributed by atoms with Crippen LogP contribution in [0.15, 0.2) is 12.2 Å². The second-order valence-corrected chi connectivity index (χ2v) is 6.67. The van der Waals surface area contributed by atoms with Crippen molar-refractivity contribution >= 4 is 40.8 Å². The van der Waals surface area contributed by atoms with E-state index < -0.39 is 15.9 Å². The minimum Gasteiger partial charge on any atom is -0.457 e. The third-order valence-corrected chi connectivity index (χ3v) is 3.44. The molecule has 0 spiro atoms. The maximum atomic E-state index is 11.1. The van der Waals surface area contributed by atoms with E-state index in [1.54, 1.807) is 0 Å². The SMILES string of the molecule is CC(=O)OC(C1C=CCCCCC1)C(Cl)(Cl)Cl. The molecular formula is C12H17Cl3O2. The Kier molecular flexibility index (Phi) is 6.11. The standard InChI is InChI=1S/C12H17Cl3O2/c1-9(16)17-11(12(13,14)15)10-7-5-3-2-4-6-8-10/h5,7,10-11H,2-4,6,8H2,1H3. The van der Waals surface area contributed by atoms with Gasteiger partial charge in [-0.15, -0.1) is 0 Å². The van der Waals surface area contributed by atoms with Crippen LogP contribution in [-0.2, 0) is 9.53 Å². The molecule has 1 aliphatic rings. The van der Waals surface area contributed by atoms with Crippen LogP contribution < -0.4 is 0 Å². The molecule has 17 heavy (non-hydrogen) atoms. The van der Waals surface area contributed by atoms with Gasteiger partial charge in [0.05, 0.1) is 0 Å². The van der Waals surface area contributed by atoms with E-state index in [2.05, 4.69) is 6.08 Å². The molecule has 1 aliphatic carbocycles. The molecule has 0 aromatic heterocycles. The Hall–Kier alpha value is 0.0800. The van der Waals surface area contributed by atoms with E-state index in [4.69, 9.17) is 39.5 Å². The fourth-order valence-electron chi connectivity index (χ4n) is 2.01. The lowest BCUT2D eigenvalue weighted by atomic mass is 9.92. The lowest BCUT2D eigenvalue weighted by Crippen LogP contribution is -2.37. The van der Waals surface area contributed by atoms with Gasteiger partial charge in [-0.3, -0.25) is 4.79 Å². The summed E-state index contributed by atoms with van der Waals surface area (Å²) in [4.78, 5) is 11.1. The summed E-state index contributed by atoms with van der Waals surface area (Å²) in [6.45, 7) is 1.33. The second kappa shape index (κ2) is 6.86. The minimum absolute atomic E-state index is 0.0216. The van der Waals surface area contributed by atoms with Crippen molar-refractivity contribution in [3.63, 3.8) is 0 Å². The first-order valence-electron chi connectivity index (χ1n) is 5.82. The number of ether oxygens (including phenoxy) is 1. The maximum absolute atomic E-state index is 11.1. The zero-order valence-electron chi connectivity index (χ0n) is 9.80. The van der Waals surface area contributed by atoms with Gasteiger partial charge >= 0.3 is 5.97 Å². The molecule has 0 saturated carbocycles. The number of allylic oxidation sites excluding steroid dienone is 1. The third kappa shape index (κ3) is 5.50. The fourth-order valence-corrected chi connectivity index (χ4v) is 2.63. The average molecular weight is 300 g/mol. The Bertz CT molecular complexity index is 284. The Labute approximate surface area is 117 Å². The number of esters is 1. The molecular weight excluding hydrogens is 282 g/mol. The zero-order chi connectivity index (χ0) is 12.9. The number of hydrogen-bond donors (Lipinski definition) is 0. The normalized spacial score (nSPS) is 23.6.